The van der Waals surface area contributed by atoms with E-state index < -0.39 is 0 Å². The lowest BCUT2D eigenvalue weighted by Gasteiger charge is -2.36. The fourth-order valence-electron chi connectivity index (χ4n) is 3.44. The van der Waals surface area contributed by atoms with E-state index in [4.69, 9.17) is 4.74 Å². The number of benzene rings is 2. The summed E-state index contributed by atoms with van der Waals surface area (Å²) in [7, 11) is 1.78. The zero-order valence-electron chi connectivity index (χ0n) is 15.5. The lowest BCUT2D eigenvalue weighted by molar-refractivity contribution is 0.0416. The number of carbonyl (C=O) groups is 1. The topological polar surface area (TPSA) is 32.8 Å². The van der Waals surface area contributed by atoms with Crippen LogP contribution in [0.25, 0.3) is 0 Å². The highest BCUT2D eigenvalue weighted by Crippen LogP contribution is 2.18. The monoisotopic (exact) mass is 352 g/mol. The summed E-state index contributed by atoms with van der Waals surface area (Å²) >= 11 is 0. The van der Waals surface area contributed by atoms with Crippen LogP contribution in [-0.4, -0.2) is 62.0 Å². The molecule has 0 amide bonds. The largest absolute Gasteiger partial charge is 0.375 e. The summed E-state index contributed by atoms with van der Waals surface area (Å²) in [4.78, 5) is 17.1. The molecule has 3 rings (SSSR count). The van der Waals surface area contributed by atoms with E-state index in [2.05, 4.69) is 34.1 Å². The van der Waals surface area contributed by atoms with Crippen molar-refractivity contribution in [1.29, 1.82) is 0 Å². The first-order valence-electron chi connectivity index (χ1n) is 9.37. The van der Waals surface area contributed by atoms with E-state index in [-0.39, 0.29) is 11.9 Å². The SMILES string of the molecule is CO[C@H](CN1CCN(CCC(=O)c2ccccc2)CC1)c1ccccc1. The van der Waals surface area contributed by atoms with Crippen LogP contribution in [0.2, 0.25) is 0 Å². The van der Waals surface area contributed by atoms with Gasteiger partial charge in [-0.15, -0.1) is 0 Å². The third-order valence-electron chi connectivity index (χ3n) is 5.10. The number of ether oxygens (including phenoxy) is 1. The number of hydrogen-bond acceptors (Lipinski definition) is 4. The minimum Gasteiger partial charge on any atom is -0.375 e. The molecule has 0 bridgehead atoms. The van der Waals surface area contributed by atoms with Crippen molar-refractivity contribution in [3.8, 4) is 0 Å². The average molecular weight is 352 g/mol. The minimum absolute atomic E-state index is 0.113. The van der Waals surface area contributed by atoms with Crippen LogP contribution in [0.5, 0.6) is 0 Å². The van der Waals surface area contributed by atoms with Crippen LogP contribution in [0, 0.1) is 0 Å². The van der Waals surface area contributed by atoms with Gasteiger partial charge in [-0.3, -0.25) is 9.69 Å². The van der Waals surface area contributed by atoms with Crippen LogP contribution in [0.4, 0.5) is 0 Å². The molecule has 1 atom stereocenters. The molecule has 1 aliphatic rings. The Labute approximate surface area is 156 Å². The lowest BCUT2D eigenvalue weighted by atomic mass is 10.1. The molecular formula is C22H28N2O2. The summed E-state index contributed by atoms with van der Waals surface area (Å²) in [5.41, 5.74) is 2.04. The van der Waals surface area contributed by atoms with E-state index in [0.717, 1.165) is 44.8 Å². The molecule has 0 saturated carbocycles. The van der Waals surface area contributed by atoms with Gasteiger partial charge in [-0.25, -0.2) is 0 Å². The predicted octanol–water partition coefficient (Wildman–Crippen LogP) is 3.26. The second-order valence-corrected chi connectivity index (χ2v) is 6.82. The fraction of sp³-hybridized carbons (Fsp3) is 0.409. The van der Waals surface area contributed by atoms with Crippen LogP contribution in [-0.2, 0) is 4.74 Å². The lowest BCUT2D eigenvalue weighted by Crippen LogP contribution is -2.48. The summed E-state index contributed by atoms with van der Waals surface area (Å²) in [5.74, 6) is 0.233. The van der Waals surface area contributed by atoms with E-state index in [1.165, 1.54) is 5.56 Å². The molecule has 1 heterocycles. The van der Waals surface area contributed by atoms with Gasteiger partial charge in [0.25, 0.3) is 0 Å². The first kappa shape index (κ1) is 18.8. The van der Waals surface area contributed by atoms with Gasteiger partial charge in [0, 0.05) is 58.4 Å². The molecule has 138 valence electrons. The van der Waals surface area contributed by atoms with Crippen molar-refractivity contribution < 1.29 is 9.53 Å². The van der Waals surface area contributed by atoms with Gasteiger partial charge in [0.05, 0.1) is 6.10 Å². The molecule has 0 radical (unpaired) electrons. The number of carbonyl (C=O) groups excluding carboxylic acids is 1. The molecule has 1 fully saturated rings. The number of Topliss-reactive ketones (excluding diaryl/α,β-unsaturated/α-hetero) is 1. The normalized spacial score (nSPS) is 17.1. The van der Waals surface area contributed by atoms with Crippen molar-refractivity contribution in [1.82, 2.24) is 9.80 Å². The van der Waals surface area contributed by atoms with E-state index in [1.54, 1.807) is 7.11 Å². The molecule has 26 heavy (non-hydrogen) atoms. The van der Waals surface area contributed by atoms with Crippen LogP contribution in [0.1, 0.15) is 28.4 Å². The quantitative estimate of drug-likeness (QED) is 0.683. The minimum atomic E-state index is 0.113. The Hall–Kier alpha value is -2.01. The van der Waals surface area contributed by atoms with E-state index in [9.17, 15) is 4.79 Å². The molecule has 4 heteroatoms. The highest BCUT2D eigenvalue weighted by Gasteiger charge is 2.21. The molecule has 1 saturated heterocycles. The van der Waals surface area contributed by atoms with Gasteiger partial charge in [-0.1, -0.05) is 60.7 Å². The summed E-state index contributed by atoms with van der Waals surface area (Å²) < 4.78 is 5.69. The number of rotatable bonds is 8. The Bertz CT molecular complexity index is 667. The Morgan fingerprint density at radius 3 is 2.12 bits per heavy atom. The molecule has 0 N–H and O–H groups in total. The number of hydrogen-bond donors (Lipinski definition) is 0. The molecule has 4 nitrogen and oxygen atoms in total. The Morgan fingerprint density at radius 1 is 0.923 bits per heavy atom. The molecule has 2 aromatic carbocycles. The Morgan fingerprint density at radius 2 is 1.50 bits per heavy atom. The molecule has 0 aliphatic carbocycles. The molecule has 2 aromatic rings. The van der Waals surface area contributed by atoms with Gasteiger partial charge in [0.1, 0.15) is 0 Å². The van der Waals surface area contributed by atoms with Gasteiger partial charge in [-0.05, 0) is 5.56 Å². The number of ketones is 1. The zero-order chi connectivity index (χ0) is 18.2. The van der Waals surface area contributed by atoms with E-state index in [0.29, 0.717) is 6.42 Å². The summed E-state index contributed by atoms with van der Waals surface area (Å²) in [5, 5.41) is 0. The Kier molecular flexibility index (Phi) is 6.95. The van der Waals surface area contributed by atoms with Crippen molar-refractivity contribution in [2.75, 3.05) is 46.4 Å². The fourth-order valence-corrected chi connectivity index (χ4v) is 3.44. The summed E-state index contributed by atoms with van der Waals surface area (Å²) in [6.07, 6.45) is 0.705. The van der Waals surface area contributed by atoms with Gasteiger partial charge >= 0.3 is 0 Å². The van der Waals surface area contributed by atoms with Crippen LogP contribution in [0.3, 0.4) is 0 Å². The Balaban J connectivity index is 1.42. The smallest absolute Gasteiger partial charge is 0.164 e. The predicted molar refractivity (Wildman–Crippen MR) is 104 cm³/mol. The second kappa shape index (κ2) is 9.62. The van der Waals surface area contributed by atoms with E-state index in [1.807, 2.05) is 36.4 Å². The highest BCUT2D eigenvalue weighted by molar-refractivity contribution is 5.96. The highest BCUT2D eigenvalue weighted by atomic mass is 16.5. The van der Waals surface area contributed by atoms with Crippen LogP contribution < -0.4 is 0 Å². The molecule has 0 unspecified atom stereocenters. The van der Waals surface area contributed by atoms with Crippen molar-refractivity contribution in [2.24, 2.45) is 0 Å². The maximum atomic E-state index is 12.2. The molecule has 1 aliphatic heterocycles. The standard InChI is InChI=1S/C22H28N2O2/c1-26-22(20-10-6-3-7-11-20)18-24-16-14-23(15-17-24)13-12-21(25)19-8-4-2-5-9-19/h2-11,22H,12-18H2,1H3/t22-/m1/s1. The average Bonchev–Trinajstić information content (AvgIpc) is 2.72. The van der Waals surface area contributed by atoms with Gasteiger partial charge < -0.3 is 9.64 Å². The molecule has 0 spiro atoms. The summed E-state index contributed by atoms with van der Waals surface area (Å²) in [6.45, 7) is 5.81. The van der Waals surface area contributed by atoms with Crippen LogP contribution in [0.15, 0.2) is 60.7 Å². The maximum Gasteiger partial charge on any atom is 0.164 e. The molecular weight excluding hydrogens is 324 g/mol. The van der Waals surface area contributed by atoms with Gasteiger partial charge in [0.2, 0.25) is 0 Å². The van der Waals surface area contributed by atoms with E-state index >= 15 is 0 Å². The first-order chi connectivity index (χ1) is 12.8. The molecule has 0 aromatic heterocycles. The maximum absolute atomic E-state index is 12.2. The third kappa shape index (κ3) is 5.24. The summed E-state index contributed by atoms with van der Waals surface area (Å²) in [6, 6.07) is 20.0. The zero-order valence-corrected chi connectivity index (χ0v) is 15.5. The van der Waals surface area contributed by atoms with Gasteiger partial charge in [0.15, 0.2) is 5.78 Å². The number of piperazine rings is 1. The van der Waals surface area contributed by atoms with Crippen molar-refractivity contribution >= 4 is 5.78 Å². The third-order valence-corrected chi connectivity index (χ3v) is 5.10. The van der Waals surface area contributed by atoms with Gasteiger partial charge in [-0.2, -0.15) is 0 Å². The van der Waals surface area contributed by atoms with Crippen LogP contribution >= 0.6 is 0 Å². The number of nitrogens with zero attached hydrogens (tertiary/aromatic N) is 2. The van der Waals surface area contributed by atoms with Crippen molar-refractivity contribution in [3.63, 3.8) is 0 Å². The second-order valence-electron chi connectivity index (χ2n) is 6.82. The number of methoxy groups -OCH3 is 1. The van der Waals surface area contributed by atoms with Crippen molar-refractivity contribution in [3.05, 3.63) is 71.8 Å². The first-order valence-corrected chi connectivity index (χ1v) is 9.37. The van der Waals surface area contributed by atoms with Crippen molar-refractivity contribution in [2.45, 2.75) is 12.5 Å².